The van der Waals surface area contributed by atoms with Crippen molar-refractivity contribution in [2.24, 2.45) is 5.73 Å². The van der Waals surface area contributed by atoms with Crippen LogP contribution in [-0.2, 0) is 0 Å². The van der Waals surface area contributed by atoms with Crippen LogP contribution in [0.4, 0.5) is 14.5 Å². The molecule has 1 atom stereocenters. The number of nitrogens with one attached hydrogen (secondary N) is 1. The number of nitrogens with two attached hydrogens (primary N) is 1. The topological polar surface area (TPSA) is 41.3 Å². The van der Waals surface area contributed by atoms with Crippen LogP contribution >= 0.6 is 0 Å². The molecule has 2 aromatic carbocycles. The molecular weight excluding hydrogens is 320 g/mol. The summed E-state index contributed by atoms with van der Waals surface area (Å²) in [7, 11) is 0. The van der Waals surface area contributed by atoms with E-state index in [4.69, 9.17) is 5.73 Å². The highest BCUT2D eigenvalue weighted by atomic mass is 19.1. The SMILES string of the molecule is NC1C2=C(CN(C3CC3)C2)Nc2c(-c3ccc(F)cc3F)cccc21. The van der Waals surface area contributed by atoms with Gasteiger partial charge in [0.25, 0.3) is 0 Å². The first-order chi connectivity index (χ1) is 12.1. The molecular formula is C20H19F2N3. The Hall–Kier alpha value is -2.24. The number of halogens is 2. The molecule has 0 radical (unpaired) electrons. The van der Waals surface area contributed by atoms with Crippen LogP contribution in [0.15, 0.2) is 47.7 Å². The van der Waals surface area contributed by atoms with E-state index < -0.39 is 11.6 Å². The van der Waals surface area contributed by atoms with Gasteiger partial charge < -0.3 is 11.1 Å². The van der Waals surface area contributed by atoms with Crippen molar-refractivity contribution in [2.45, 2.75) is 24.9 Å². The van der Waals surface area contributed by atoms with E-state index in [1.807, 2.05) is 18.2 Å². The van der Waals surface area contributed by atoms with Crippen LogP contribution in [0.2, 0.25) is 0 Å². The maximum Gasteiger partial charge on any atom is 0.134 e. The second-order valence-electron chi connectivity index (χ2n) is 7.14. The summed E-state index contributed by atoms with van der Waals surface area (Å²) in [5.74, 6) is -1.13. The minimum Gasteiger partial charge on any atom is -0.357 e. The van der Waals surface area contributed by atoms with Gasteiger partial charge in [0.1, 0.15) is 11.6 Å². The van der Waals surface area contributed by atoms with Gasteiger partial charge in [0.2, 0.25) is 0 Å². The molecule has 2 aromatic rings. The van der Waals surface area contributed by atoms with Crippen molar-refractivity contribution in [2.75, 3.05) is 18.4 Å². The lowest BCUT2D eigenvalue weighted by Gasteiger charge is -2.28. The number of fused-ring (bicyclic) bond motifs is 1. The zero-order valence-electron chi connectivity index (χ0n) is 13.7. The molecule has 0 amide bonds. The zero-order valence-corrected chi connectivity index (χ0v) is 13.7. The molecule has 3 N–H and O–H groups in total. The minimum absolute atomic E-state index is 0.182. The Morgan fingerprint density at radius 1 is 1.04 bits per heavy atom. The molecule has 0 saturated heterocycles. The van der Waals surface area contributed by atoms with Gasteiger partial charge in [-0.25, -0.2) is 8.78 Å². The van der Waals surface area contributed by atoms with Crippen LogP contribution in [0.1, 0.15) is 24.4 Å². The van der Waals surface area contributed by atoms with Gasteiger partial charge in [-0.2, -0.15) is 0 Å². The molecule has 0 spiro atoms. The Labute approximate surface area is 145 Å². The van der Waals surface area contributed by atoms with E-state index >= 15 is 0 Å². The summed E-state index contributed by atoms with van der Waals surface area (Å²) in [6.45, 7) is 1.77. The molecule has 3 aliphatic rings. The average Bonchev–Trinajstić information content (AvgIpc) is 3.35. The molecule has 1 aliphatic carbocycles. The Morgan fingerprint density at radius 2 is 1.88 bits per heavy atom. The Kier molecular flexibility index (Phi) is 3.24. The highest BCUT2D eigenvalue weighted by Crippen LogP contribution is 2.44. The van der Waals surface area contributed by atoms with Gasteiger partial charge in [0.05, 0.1) is 11.7 Å². The molecule has 1 unspecified atom stereocenters. The second kappa shape index (κ2) is 5.38. The van der Waals surface area contributed by atoms with Gasteiger partial charge in [0, 0.05) is 42.0 Å². The third kappa shape index (κ3) is 2.38. The lowest BCUT2D eigenvalue weighted by Crippen LogP contribution is -2.25. The summed E-state index contributed by atoms with van der Waals surface area (Å²) < 4.78 is 27.6. The Bertz CT molecular complexity index is 902. The van der Waals surface area contributed by atoms with Crippen LogP contribution < -0.4 is 11.1 Å². The molecule has 25 heavy (non-hydrogen) atoms. The number of hydrogen-bond acceptors (Lipinski definition) is 3. The van der Waals surface area contributed by atoms with Crippen LogP contribution in [0.3, 0.4) is 0 Å². The summed E-state index contributed by atoms with van der Waals surface area (Å²) in [6, 6.07) is 9.92. The van der Waals surface area contributed by atoms with Gasteiger partial charge in [0.15, 0.2) is 0 Å². The first-order valence-corrected chi connectivity index (χ1v) is 8.68. The lowest BCUT2D eigenvalue weighted by molar-refractivity contribution is 0.332. The van der Waals surface area contributed by atoms with Gasteiger partial charge >= 0.3 is 0 Å². The summed E-state index contributed by atoms with van der Waals surface area (Å²) in [5.41, 5.74) is 11.8. The number of benzene rings is 2. The molecule has 5 rings (SSSR count). The molecule has 1 fully saturated rings. The molecule has 0 bridgehead atoms. The predicted molar refractivity (Wildman–Crippen MR) is 94.0 cm³/mol. The van der Waals surface area contributed by atoms with Crippen LogP contribution in [0.5, 0.6) is 0 Å². The minimum atomic E-state index is -0.573. The van der Waals surface area contributed by atoms with Crippen LogP contribution in [0.25, 0.3) is 11.1 Å². The third-order valence-corrected chi connectivity index (χ3v) is 5.49. The van der Waals surface area contributed by atoms with Crippen molar-refractivity contribution in [1.82, 2.24) is 4.90 Å². The number of para-hydroxylation sites is 1. The summed E-state index contributed by atoms with van der Waals surface area (Å²) in [6.07, 6.45) is 2.52. The third-order valence-electron chi connectivity index (χ3n) is 5.49. The fourth-order valence-electron chi connectivity index (χ4n) is 4.02. The fourth-order valence-corrected chi connectivity index (χ4v) is 4.02. The Morgan fingerprint density at radius 3 is 2.64 bits per heavy atom. The molecule has 2 aliphatic heterocycles. The van der Waals surface area contributed by atoms with Crippen molar-refractivity contribution in [1.29, 1.82) is 0 Å². The normalized spacial score (nSPS) is 22.6. The molecule has 5 heteroatoms. The largest absolute Gasteiger partial charge is 0.357 e. The fraction of sp³-hybridized carbons (Fsp3) is 0.300. The molecule has 0 aromatic heterocycles. The smallest absolute Gasteiger partial charge is 0.134 e. The van der Waals surface area contributed by atoms with Crippen molar-refractivity contribution < 1.29 is 8.78 Å². The van der Waals surface area contributed by atoms with Gasteiger partial charge in [-0.3, -0.25) is 4.90 Å². The summed E-state index contributed by atoms with van der Waals surface area (Å²) >= 11 is 0. The van der Waals surface area contributed by atoms with Gasteiger partial charge in [-0.05, 0) is 36.1 Å². The van der Waals surface area contributed by atoms with E-state index in [9.17, 15) is 8.78 Å². The van der Waals surface area contributed by atoms with Crippen molar-refractivity contribution in [3.8, 4) is 11.1 Å². The quantitative estimate of drug-likeness (QED) is 0.875. The molecule has 128 valence electrons. The highest BCUT2D eigenvalue weighted by molar-refractivity contribution is 5.84. The van der Waals surface area contributed by atoms with E-state index in [-0.39, 0.29) is 6.04 Å². The number of hydrogen-bond donors (Lipinski definition) is 2. The monoisotopic (exact) mass is 339 g/mol. The lowest BCUT2D eigenvalue weighted by atomic mass is 9.89. The standard InChI is InChI=1S/C20H19F2N3/c21-11-4-7-13(17(22)8-11)14-2-1-3-15-19(23)16-9-25(12-5-6-12)10-18(16)24-20(14)15/h1-4,7-8,12,19,24H,5-6,9-10,23H2. The molecule has 2 heterocycles. The maximum atomic E-state index is 14.3. The first kappa shape index (κ1) is 15.0. The van der Waals surface area contributed by atoms with Crippen molar-refractivity contribution in [3.05, 3.63) is 64.9 Å². The Balaban J connectivity index is 1.57. The van der Waals surface area contributed by atoms with Gasteiger partial charge in [-0.15, -0.1) is 0 Å². The maximum absolute atomic E-state index is 14.3. The summed E-state index contributed by atoms with van der Waals surface area (Å²) in [5, 5.41) is 3.51. The van der Waals surface area contributed by atoms with Crippen LogP contribution in [-0.4, -0.2) is 24.0 Å². The van der Waals surface area contributed by atoms with E-state index in [2.05, 4.69) is 10.2 Å². The van der Waals surface area contributed by atoms with Crippen molar-refractivity contribution in [3.63, 3.8) is 0 Å². The molecule has 1 saturated carbocycles. The zero-order chi connectivity index (χ0) is 17.1. The average molecular weight is 339 g/mol. The second-order valence-corrected chi connectivity index (χ2v) is 7.14. The summed E-state index contributed by atoms with van der Waals surface area (Å²) in [4.78, 5) is 2.46. The number of anilines is 1. The number of nitrogens with zero attached hydrogens (tertiary/aromatic N) is 1. The van der Waals surface area contributed by atoms with Crippen LogP contribution in [0, 0.1) is 11.6 Å². The van der Waals surface area contributed by atoms with E-state index in [0.717, 1.165) is 41.7 Å². The highest BCUT2D eigenvalue weighted by Gasteiger charge is 2.38. The number of rotatable bonds is 2. The molecule has 3 nitrogen and oxygen atoms in total. The predicted octanol–water partition coefficient (Wildman–Crippen LogP) is 3.79. The first-order valence-electron chi connectivity index (χ1n) is 8.68. The van der Waals surface area contributed by atoms with E-state index in [1.54, 1.807) is 0 Å². The van der Waals surface area contributed by atoms with Crippen molar-refractivity contribution >= 4 is 5.69 Å². The van der Waals surface area contributed by atoms with E-state index in [1.165, 1.54) is 30.5 Å². The van der Waals surface area contributed by atoms with Gasteiger partial charge in [-0.1, -0.05) is 18.2 Å². The van der Waals surface area contributed by atoms with E-state index in [0.29, 0.717) is 11.6 Å².